The van der Waals surface area contributed by atoms with Gasteiger partial charge in [-0.1, -0.05) is 38.1 Å². The summed E-state index contributed by atoms with van der Waals surface area (Å²) in [5.74, 6) is -0.367. The zero-order valence-electron chi connectivity index (χ0n) is 12.0. The molecule has 1 fully saturated rings. The molecule has 0 spiro atoms. The number of benzene rings is 1. The highest BCUT2D eigenvalue weighted by Crippen LogP contribution is 2.22. The molecule has 1 atom stereocenters. The maximum Gasteiger partial charge on any atom is 0.326 e. The van der Waals surface area contributed by atoms with Crippen LogP contribution in [0.1, 0.15) is 37.8 Å². The van der Waals surface area contributed by atoms with Crippen molar-refractivity contribution in [1.29, 1.82) is 0 Å². The second-order valence-electron chi connectivity index (χ2n) is 5.83. The molecule has 0 aliphatic carbocycles. The average Bonchev–Trinajstić information content (AvgIpc) is 2.73. The normalized spacial score (nSPS) is 18.9. The van der Waals surface area contributed by atoms with Crippen LogP contribution in [0.4, 0.5) is 0 Å². The van der Waals surface area contributed by atoms with Crippen LogP contribution in [0.3, 0.4) is 0 Å². The molecular weight excluding hydrogens is 254 g/mol. The number of carboxylic acids is 1. The molecule has 1 saturated heterocycles. The maximum absolute atomic E-state index is 11.8. The van der Waals surface area contributed by atoms with E-state index in [2.05, 4.69) is 26.0 Å². The molecular formula is C16H21NO3. The number of nitrogens with zero attached hydrogens (tertiary/aromatic N) is 1. The van der Waals surface area contributed by atoms with Gasteiger partial charge in [0.25, 0.3) is 0 Å². The molecule has 1 unspecified atom stereocenters. The molecule has 1 aliphatic rings. The summed E-state index contributed by atoms with van der Waals surface area (Å²) in [4.78, 5) is 24.4. The zero-order valence-corrected chi connectivity index (χ0v) is 12.0. The number of likely N-dealkylation sites (tertiary alicyclic amines) is 1. The number of rotatable bonds is 5. The largest absolute Gasteiger partial charge is 0.480 e. The standard InChI is InChI=1S/C16H21NO3/c1-11(2)9-12-3-5-13(6-4-12)10-17-14(16(19)20)7-8-15(17)18/h3-6,11,14H,7-10H2,1-2H3,(H,19,20). The molecule has 1 aromatic rings. The van der Waals surface area contributed by atoms with Crippen molar-refractivity contribution in [2.45, 2.75) is 45.7 Å². The van der Waals surface area contributed by atoms with E-state index in [1.165, 1.54) is 10.5 Å². The molecule has 1 amide bonds. The third-order valence-corrected chi connectivity index (χ3v) is 3.63. The first-order valence-electron chi connectivity index (χ1n) is 7.07. The van der Waals surface area contributed by atoms with Crippen LogP contribution in [-0.4, -0.2) is 27.9 Å². The fourth-order valence-corrected chi connectivity index (χ4v) is 2.64. The molecule has 1 aromatic carbocycles. The molecule has 4 nitrogen and oxygen atoms in total. The Labute approximate surface area is 119 Å². The number of hydrogen-bond acceptors (Lipinski definition) is 2. The van der Waals surface area contributed by atoms with Crippen LogP contribution in [0.25, 0.3) is 0 Å². The predicted octanol–water partition coefficient (Wildman–Crippen LogP) is 2.46. The number of carboxylic acid groups (broad SMARTS) is 1. The van der Waals surface area contributed by atoms with Crippen LogP contribution < -0.4 is 0 Å². The van der Waals surface area contributed by atoms with Crippen LogP contribution in [0.5, 0.6) is 0 Å². The van der Waals surface area contributed by atoms with Crippen molar-refractivity contribution in [3.8, 4) is 0 Å². The third-order valence-electron chi connectivity index (χ3n) is 3.63. The van der Waals surface area contributed by atoms with Crippen molar-refractivity contribution < 1.29 is 14.7 Å². The minimum atomic E-state index is -0.910. The Morgan fingerprint density at radius 3 is 2.45 bits per heavy atom. The van der Waals surface area contributed by atoms with Gasteiger partial charge < -0.3 is 10.0 Å². The predicted molar refractivity (Wildman–Crippen MR) is 76.2 cm³/mol. The van der Waals surface area contributed by atoms with Gasteiger partial charge in [0.1, 0.15) is 6.04 Å². The molecule has 0 saturated carbocycles. The number of carbonyl (C=O) groups excluding carboxylic acids is 1. The van der Waals surface area contributed by atoms with Gasteiger partial charge in [0, 0.05) is 13.0 Å². The molecule has 2 rings (SSSR count). The summed E-state index contributed by atoms with van der Waals surface area (Å²) in [6, 6.07) is 7.43. The monoisotopic (exact) mass is 275 g/mol. The Morgan fingerprint density at radius 2 is 1.90 bits per heavy atom. The fraction of sp³-hybridized carbons (Fsp3) is 0.500. The van der Waals surface area contributed by atoms with Gasteiger partial charge in [-0.3, -0.25) is 4.79 Å². The van der Waals surface area contributed by atoms with E-state index in [0.29, 0.717) is 25.3 Å². The van der Waals surface area contributed by atoms with E-state index < -0.39 is 12.0 Å². The highest BCUT2D eigenvalue weighted by atomic mass is 16.4. The summed E-state index contributed by atoms with van der Waals surface area (Å²) in [6.07, 6.45) is 1.78. The van der Waals surface area contributed by atoms with Gasteiger partial charge in [0.15, 0.2) is 0 Å². The molecule has 1 heterocycles. The van der Waals surface area contributed by atoms with Crippen molar-refractivity contribution in [3.63, 3.8) is 0 Å². The van der Waals surface area contributed by atoms with E-state index in [1.807, 2.05) is 12.1 Å². The highest BCUT2D eigenvalue weighted by Gasteiger charge is 2.35. The van der Waals surface area contributed by atoms with E-state index in [9.17, 15) is 9.59 Å². The van der Waals surface area contributed by atoms with Crippen molar-refractivity contribution in [2.75, 3.05) is 0 Å². The zero-order chi connectivity index (χ0) is 14.7. The Hall–Kier alpha value is -1.84. The van der Waals surface area contributed by atoms with E-state index in [-0.39, 0.29) is 5.91 Å². The summed E-state index contributed by atoms with van der Waals surface area (Å²) >= 11 is 0. The van der Waals surface area contributed by atoms with Crippen LogP contribution in [0.2, 0.25) is 0 Å². The number of amides is 1. The van der Waals surface area contributed by atoms with Gasteiger partial charge in [0.2, 0.25) is 5.91 Å². The summed E-state index contributed by atoms with van der Waals surface area (Å²) in [6.45, 7) is 4.74. The van der Waals surface area contributed by atoms with Crippen LogP contribution in [-0.2, 0) is 22.6 Å². The SMILES string of the molecule is CC(C)Cc1ccc(CN2C(=O)CCC2C(=O)O)cc1. The Balaban J connectivity index is 2.05. The van der Waals surface area contributed by atoms with Gasteiger partial charge >= 0.3 is 5.97 Å². The van der Waals surface area contributed by atoms with Crippen LogP contribution in [0.15, 0.2) is 24.3 Å². The fourth-order valence-electron chi connectivity index (χ4n) is 2.64. The lowest BCUT2D eigenvalue weighted by Crippen LogP contribution is -2.37. The molecule has 0 bridgehead atoms. The molecule has 1 N–H and O–H groups in total. The minimum absolute atomic E-state index is 0.0661. The first-order valence-corrected chi connectivity index (χ1v) is 7.07. The van der Waals surface area contributed by atoms with Crippen molar-refractivity contribution in [1.82, 2.24) is 4.90 Å². The van der Waals surface area contributed by atoms with E-state index >= 15 is 0 Å². The van der Waals surface area contributed by atoms with Gasteiger partial charge in [-0.05, 0) is 29.9 Å². The van der Waals surface area contributed by atoms with Gasteiger partial charge in [-0.15, -0.1) is 0 Å². The van der Waals surface area contributed by atoms with E-state index in [4.69, 9.17) is 5.11 Å². The highest BCUT2D eigenvalue weighted by molar-refractivity contribution is 5.87. The van der Waals surface area contributed by atoms with Gasteiger partial charge in [0.05, 0.1) is 0 Å². The van der Waals surface area contributed by atoms with E-state index in [0.717, 1.165) is 12.0 Å². The molecule has 20 heavy (non-hydrogen) atoms. The summed E-state index contributed by atoms with van der Waals surface area (Å²) in [5, 5.41) is 9.13. The van der Waals surface area contributed by atoms with E-state index in [1.54, 1.807) is 0 Å². The minimum Gasteiger partial charge on any atom is -0.480 e. The molecule has 108 valence electrons. The van der Waals surface area contributed by atoms with Crippen LogP contribution >= 0.6 is 0 Å². The summed E-state index contributed by atoms with van der Waals surface area (Å²) in [7, 11) is 0. The Kier molecular flexibility index (Phi) is 4.42. The maximum atomic E-state index is 11.8. The summed E-state index contributed by atoms with van der Waals surface area (Å²) < 4.78 is 0. The Bertz CT molecular complexity index is 493. The Morgan fingerprint density at radius 1 is 1.30 bits per heavy atom. The number of carbonyl (C=O) groups is 2. The lowest BCUT2D eigenvalue weighted by Gasteiger charge is -2.21. The van der Waals surface area contributed by atoms with Crippen molar-refractivity contribution >= 4 is 11.9 Å². The second kappa shape index (κ2) is 6.07. The lowest BCUT2D eigenvalue weighted by molar-refractivity contribution is -0.146. The summed E-state index contributed by atoms with van der Waals surface area (Å²) in [5.41, 5.74) is 2.25. The third kappa shape index (κ3) is 3.38. The van der Waals surface area contributed by atoms with Gasteiger partial charge in [-0.25, -0.2) is 4.79 Å². The molecule has 0 aromatic heterocycles. The smallest absolute Gasteiger partial charge is 0.326 e. The second-order valence-corrected chi connectivity index (χ2v) is 5.83. The van der Waals surface area contributed by atoms with Crippen LogP contribution in [0, 0.1) is 5.92 Å². The quantitative estimate of drug-likeness (QED) is 0.898. The first-order chi connectivity index (χ1) is 9.47. The lowest BCUT2D eigenvalue weighted by atomic mass is 10.0. The number of aliphatic carboxylic acids is 1. The number of hydrogen-bond donors (Lipinski definition) is 1. The molecule has 1 aliphatic heterocycles. The average molecular weight is 275 g/mol. The van der Waals surface area contributed by atoms with Crippen molar-refractivity contribution in [3.05, 3.63) is 35.4 Å². The first kappa shape index (κ1) is 14.6. The molecule has 0 radical (unpaired) electrons. The van der Waals surface area contributed by atoms with Gasteiger partial charge in [-0.2, -0.15) is 0 Å². The molecule has 4 heteroatoms. The topological polar surface area (TPSA) is 57.6 Å². The van der Waals surface area contributed by atoms with Crippen molar-refractivity contribution in [2.24, 2.45) is 5.92 Å².